The Morgan fingerprint density at radius 1 is 1.04 bits per heavy atom. The second kappa shape index (κ2) is 9.24. The molecule has 0 saturated carbocycles. The first kappa shape index (κ1) is 19.0. The van der Waals surface area contributed by atoms with Crippen LogP contribution in [0.25, 0.3) is 22.2 Å². The average Bonchev–Trinajstić information content (AvgIpc) is 3.03. The minimum atomic E-state index is 0.741. The van der Waals surface area contributed by atoms with Gasteiger partial charge < -0.3 is 15.5 Å². The summed E-state index contributed by atoms with van der Waals surface area (Å²) in [7, 11) is 0. The van der Waals surface area contributed by atoms with Crippen LogP contribution < -0.4 is 10.5 Å². The van der Waals surface area contributed by atoms with Gasteiger partial charge in [0.05, 0.1) is 12.1 Å². The molecule has 26 heavy (non-hydrogen) atoms. The minimum absolute atomic E-state index is 0.741. The van der Waals surface area contributed by atoms with Gasteiger partial charge in [-0.1, -0.05) is 25.5 Å². The van der Waals surface area contributed by atoms with Gasteiger partial charge in [-0.3, -0.25) is 0 Å². The van der Waals surface area contributed by atoms with E-state index in [4.69, 9.17) is 10.5 Å². The number of aryl methyl sites for hydroxylation is 1. The number of unbranched alkanes of at least 4 members (excludes halogenated alkanes) is 2. The number of aromatic amines is 1. The Balaban J connectivity index is 1.92. The summed E-state index contributed by atoms with van der Waals surface area (Å²) in [5.74, 6) is 0.934. The van der Waals surface area contributed by atoms with Crippen LogP contribution in [0.2, 0.25) is 0 Å². The molecule has 0 aliphatic carbocycles. The van der Waals surface area contributed by atoms with E-state index >= 15 is 0 Å². The largest absolute Gasteiger partial charge is 0.494 e. The fraction of sp³-hybridized carbons (Fsp3) is 0.364. The van der Waals surface area contributed by atoms with E-state index in [0.717, 1.165) is 61.0 Å². The molecular formula is C22H27BrN2O. The van der Waals surface area contributed by atoms with Gasteiger partial charge in [0, 0.05) is 15.6 Å². The van der Waals surface area contributed by atoms with E-state index in [0.29, 0.717) is 0 Å². The second-order valence-electron chi connectivity index (χ2n) is 6.61. The van der Waals surface area contributed by atoms with Crippen molar-refractivity contribution in [2.45, 2.75) is 39.0 Å². The molecule has 1 heterocycles. The molecule has 0 amide bonds. The van der Waals surface area contributed by atoms with Gasteiger partial charge in [-0.25, -0.2) is 0 Å². The zero-order valence-electron chi connectivity index (χ0n) is 15.4. The molecule has 138 valence electrons. The molecule has 0 aliphatic rings. The third kappa shape index (κ3) is 4.30. The summed E-state index contributed by atoms with van der Waals surface area (Å²) in [6.45, 7) is 3.69. The first-order chi connectivity index (χ1) is 12.7. The van der Waals surface area contributed by atoms with Gasteiger partial charge in [0.2, 0.25) is 0 Å². The van der Waals surface area contributed by atoms with Gasteiger partial charge in [-0.05, 0) is 89.6 Å². The minimum Gasteiger partial charge on any atom is -0.494 e. The quantitative estimate of drug-likeness (QED) is 0.418. The molecule has 0 fully saturated rings. The SMILES string of the molecule is CCCCOc1ccc(-c2[nH]c3c(Br)cccc3c2CCCCN)cc1. The van der Waals surface area contributed by atoms with Crippen LogP contribution in [0.15, 0.2) is 46.9 Å². The van der Waals surface area contributed by atoms with Crippen LogP contribution in [-0.4, -0.2) is 18.1 Å². The van der Waals surface area contributed by atoms with E-state index in [2.05, 4.69) is 70.3 Å². The summed E-state index contributed by atoms with van der Waals surface area (Å²) in [6, 6.07) is 14.8. The number of nitrogens with two attached hydrogens (primary N) is 1. The van der Waals surface area contributed by atoms with E-state index < -0.39 is 0 Å². The maximum absolute atomic E-state index is 5.79. The molecular weight excluding hydrogens is 388 g/mol. The summed E-state index contributed by atoms with van der Waals surface area (Å²) >= 11 is 3.67. The fourth-order valence-corrected chi connectivity index (χ4v) is 3.71. The molecule has 0 unspecified atom stereocenters. The first-order valence-corrected chi connectivity index (χ1v) is 10.3. The van der Waals surface area contributed by atoms with E-state index in [-0.39, 0.29) is 0 Å². The number of hydrogen-bond acceptors (Lipinski definition) is 2. The predicted molar refractivity (Wildman–Crippen MR) is 114 cm³/mol. The van der Waals surface area contributed by atoms with E-state index in [1.807, 2.05) is 0 Å². The Bertz CT molecular complexity index is 839. The lowest BCUT2D eigenvalue weighted by Crippen LogP contribution is -1.99. The van der Waals surface area contributed by atoms with Gasteiger partial charge in [-0.2, -0.15) is 0 Å². The molecule has 3 rings (SSSR count). The Kier molecular flexibility index (Phi) is 6.75. The maximum Gasteiger partial charge on any atom is 0.119 e. The first-order valence-electron chi connectivity index (χ1n) is 9.47. The van der Waals surface area contributed by atoms with Gasteiger partial charge in [0.1, 0.15) is 5.75 Å². The van der Waals surface area contributed by atoms with Crippen molar-refractivity contribution in [1.82, 2.24) is 4.98 Å². The van der Waals surface area contributed by atoms with Crippen LogP contribution in [0, 0.1) is 0 Å². The van der Waals surface area contributed by atoms with Crippen molar-refractivity contribution < 1.29 is 4.74 Å². The zero-order chi connectivity index (χ0) is 18.4. The van der Waals surface area contributed by atoms with E-state index in [1.165, 1.54) is 22.2 Å². The van der Waals surface area contributed by atoms with Crippen molar-refractivity contribution in [2.75, 3.05) is 13.2 Å². The second-order valence-corrected chi connectivity index (χ2v) is 7.47. The molecule has 3 N–H and O–H groups in total. The average molecular weight is 415 g/mol. The number of fused-ring (bicyclic) bond motifs is 1. The molecule has 0 radical (unpaired) electrons. The highest BCUT2D eigenvalue weighted by Crippen LogP contribution is 2.35. The highest BCUT2D eigenvalue weighted by molar-refractivity contribution is 9.10. The number of benzene rings is 2. The molecule has 0 bridgehead atoms. The summed E-state index contributed by atoms with van der Waals surface area (Å²) in [6.07, 6.45) is 5.40. The lowest BCUT2D eigenvalue weighted by atomic mass is 10.0. The number of para-hydroxylation sites is 1. The Morgan fingerprint density at radius 2 is 1.85 bits per heavy atom. The lowest BCUT2D eigenvalue weighted by Gasteiger charge is -2.08. The van der Waals surface area contributed by atoms with E-state index in [9.17, 15) is 0 Å². The molecule has 1 aromatic heterocycles. The topological polar surface area (TPSA) is 51.0 Å². The maximum atomic E-state index is 5.79. The van der Waals surface area contributed by atoms with Crippen molar-refractivity contribution in [2.24, 2.45) is 5.73 Å². The van der Waals surface area contributed by atoms with Crippen LogP contribution in [-0.2, 0) is 6.42 Å². The molecule has 0 spiro atoms. The molecule has 0 saturated heterocycles. The Labute approximate surface area is 164 Å². The van der Waals surface area contributed by atoms with Crippen molar-refractivity contribution in [3.63, 3.8) is 0 Å². The van der Waals surface area contributed by atoms with Gasteiger partial charge in [0.25, 0.3) is 0 Å². The smallest absolute Gasteiger partial charge is 0.119 e. The number of aromatic nitrogens is 1. The molecule has 4 heteroatoms. The normalized spacial score (nSPS) is 11.2. The number of halogens is 1. The molecule has 0 atom stereocenters. The molecule has 0 aliphatic heterocycles. The van der Waals surface area contributed by atoms with Gasteiger partial charge in [0.15, 0.2) is 0 Å². The Morgan fingerprint density at radius 3 is 2.58 bits per heavy atom. The van der Waals surface area contributed by atoms with Crippen LogP contribution in [0.4, 0.5) is 0 Å². The highest BCUT2D eigenvalue weighted by atomic mass is 79.9. The summed E-state index contributed by atoms with van der Waals surface area (Å²) in [5.41, 5.74) is 10.6. The molecule has 2 aromatic carbocycles. The molecule has 3 nitrogen and oxygen atoms in total. The standard InChI is InChI=1S/C22H27BrN2O/c1-2-3-15-26-17-12-10-16(11-13-17)21-18(7-4-5-14-24)19-8-6-9-20(23)22(19)25-21/h6,8-13,25H,2-5,7,14-15,24H2,1H3. The number of hydrogen-bond donors (Lipinski definition) is 2. The third-order valence-corrected chi connectivity index (χ3v) is 5.34. The predicted octanol–water partition coefficient (Wildman–Crippen LogP) is 6.06. The van der Waals surface area contributed by atoms with Crippen molar-refractivity contribution in [1.29, 1.82) is 0 Å². The van der Waals surface area contributed by atoms with Crippen molar-refractivity contribution in [3.05, 3.63) is 52.5 Å². The number of nitrogens with one attached hydrogen (secondary N) is 1. The monoisotopic (exact) mass is 414 g/mol. The van der Waals surface area contributed by atoms with Crippen LogP contribution in [0.3, 0.4) is 0 Å². The highest BCUT2D eigenvalue weighted by Gasteiger charge is 2.14. The summed E-state index contributed by atoms with van der Waals surface area (Å²) in [4.78, 5) is 3.63. The van der Waals surface area contributed by atoms with Gasteiger partial charge >= 0.3 is 0 Å². The summed E-state index contributed by atoms with van der Waals surface area (Å²) < 4.78 is 6.89. The van der Waals surface area contributed by atoms with Gasteiger partial charge in [-0.15, -0.1) is 0 Å². The van der Waals surface area contributed by atoms with Crippen molar-refractivity contribution >= 4 is 26.8 Å². The number of ether oxygens (including phenoxy) is 1. The lowest BCUT2D eigenvalue weighted by molar-refractivity contribution is 0.309. The summed E-state index contributed by atoms with van der Waals surface area (Å²) in [5, 5.41) is 1.29. The third-order valence-electron chi connectivity index (χ3n) is 4.68. The molecule has 3 aromatic rings. The van der Waals surface area contributed by atoms with Crippen molar-refractivity contribution in [3.8, 4) is 17.0 Å². The number of rotatable bonds is 9. The van der Waals surface area contributed by atoms with Crippen LogP contribution in [0.5, 0.6) is 5.75 Å². The Hall–Kier alpha value is -1.78. The fourth-order valence-electron chi connectivity index (χ4n) is 3.24. The zero-order valence-corrected chi connectivity index (χ0v) is 16.9. The van der Waals surface area contributed by atoms with Crippen LogP contribution >= 0.6 is 15.9 Å². The number of H-pyrrole nitrogens is 1. The van der Waals surface area contributed by atoms with E-state index in [1.54, 1.807) is 0 Å². The van der Waals surface area contributed by atoms with Crippen LogP contribution in [0.1, 0.15) is 38.2 Å².